The van der Waals surface area contributed by atoms with Gasteiger partial charge >= 0.3 is 12.0 Å². The molecule has 0 bridgehead atoms. The number of rotatable bonds is 4. The molecule has 0 saturated carbocycles. The van der Waals surface area contributed by atoms with Crippen molar-refractivity contribution >= 4 is 12.0 Å². The van der Waals surface area contributed by atoms with Gasteiger partial charge in [-0.25, -0.2) is 4.79 Å². The van der Waals surface area contributed by atoms with Gasteiger partial charge in [0.05, 0.1) is 12.0 Å². The minimum absolute atomic E-state index is 0.0411. The molecule has 2 atom stereocenters. The van der Waals surface area contributed by atoms with Gasteiger partial charge in [-0.3, -0.25) is 4.79 Å². The van der Waals surface area contributed by atoms with Crippen molar-refractivity contribution in [3.05, 3.63) is 23.7 Å². The third-order valence-electron chi connectivity index (χ3n) is 3.82. The molecule has 110 valence electrons. The lowest BCUT2D eigenvalue weighted by Crippen LogP contribution is -2.56. The van der Waals surface area contributed by atoms with E-state index < -0.39 is 11.9 Å². The quantitative estimate of drug-likeness (QED) is 0.883. The third kappa shape index (κ3) is 2.95. The molecule has 0 aliphatic carbocycles. The number of carbonyl (C=O) groups excluding carboxylic acids is 1. The third-order valence-corrected chi connectivity index (χ3v) is 3.82. The summed E-state index contributed by atoms with van der Waals surface area (Å²) >= 11 is 0. The highest BCUT2D eigenvalue weighted by Crippen LogP contribution is 2.24. The van der Waals surface area contributed by atoms with Crippen LogP contribution in [-0.4, -0.2) is 35.1 Å². The maximum absolute atomic E-state index is 12.0. The lowest BCUT2D eigenvalue weighted by atomic mass is 9.87. The zero-order valence-corrected chi connectivity index (χ0v) is 11.9. The Labute approximate surface area is 117 Å². The zero-order chi connectivity index (χ0) is 14.9. The van der Waals surface area contributed by atoms with Crippen LogP contribution in [0.25, 0.3) is 0 Å². The Balaban J connectivity index is 1.81. The molecule has 1 fully saturated rings. The number of nitrogens with zero attached hydrogens (tertiary/aromatic N) is 1. The Morgan fingerprint density at radius 1 is 1.40 bits per heavy atom. The minimum Gasteiger partial charge on any atom is -0.481 e. The predicted octanol–water partition coefficient (Wildman–Crippen LogP) is 2.01. The van der Waals surface area contributed by atoms with Crippen molar-refractivity contribution in [2.45, 2.75) is 26.8 Å². The Bertz CT molecular complexity index is 505. The molecule has 1 aliphatic heterocycles. The normalized spacial score (nSPS) is 18.2. The molecule has 1 aliphatic rings. The van der Waals surface area contributed by atoms with Gasteiger partial charge in [0.1, 0.15) is 11.5 Å². The second-order valence-electron chi connectivity index (χ2n) is 5.41. The number of nitrogens with one attached hydrogen (secondary N) is 1. The Morgan fingerprint density at radius 2 is 2.05 bits per heavy atom. The number of carboxylic acid groups (broad SMARTS) is 1. The highest BCUT2D eigenvalue weighted by atomic mass is 16.4. The summed E-state index contributed by atoms with van der Waals surface area (Å²) in [6.45, 7) is 6.36. The van der Waals surface area contributed by atoms with Crippen molar-refractivity contribution in [2.24, 2.45) is 11.8 Å². The summed E-state index contributed by atoms with van der Waals surface area (Å²) in [5.74, 6) is 0.338. The molecule has 1 saturated heterocycles. The van der Waals surface area contributed by atoms with E-state index in [9.17, 15) is 9.59 Å². The van der Waals surface area contributed by atoms with Crippen LogP contribution in [0.5, 0.6) is 0 Å². The number of aryl methyl sites for hydroxylation is 1. The minimum atomic E-state index is -0.811. The van der Waals surface area contributed by atoms with Crippen LogP contribution >= 0.6 is 0 Å². The van der Waals surface area contributed by atoms with Crippen molar-refractivity contribution < 1.29 is 19.1 Å². The average Bonchev–Trinajstić information content (AvgIpc) is 2.73. The van der Waals surface area contributed by atoms with E-state index >= 15 is 0 Å². The first-order valence-electron chi connectivity index (χ1n) is 6.73. The number of hydrogen-bond acceptors (Lipinski definition) is 3. The fourth-order valence-electron chi connectivity index (χ4n) is 2.23. The molecule has 0 radical (unpaired) electrons. The number of aliphatic carboxylic acids is 1. The van der Waals surface area contributed by atoms with Crippen LogP contribution in [0, 0.1) is 18.8 Å². The van der Waals surface area contributed by atoms with Gasteiger partial charge in [-0.15, -0.1) is 0 Å². The number of furan rings is 1. The van der Waals surface area contributed by atoms with Crippen LogP contribution in [0.2, 0.25) is 0 Å². The van der Waals surface area contributed by atoms with Crippen LogP contribution < -0.4 is 5.32 Å². The number of amides is 2. The molecule has 2 amide bonds. The van der Waals surface area contributed by atoms with E-state index in [-0.39, 0.29) is 18.0 Å². The second-order valence-corrected chi connectivity index (χ2v) is 5.41. The highest BCUT2D eigenvalue weighted by Gasteiger charge is 2.37. The number of likely N-dealkylation sites (tertiary alicyclic amines) is 1. The van der Waals surface area contributed by atoms with Crippen LogP contribution in [0.1, 0.15) is 31.4 Å². The molecule has 6 heteroatoms. The fourth-order valence-corrected chi connectivity index (χ4v) is 2.23. The van der Waals surface area contributed by atoms with Crippen LogP contribution in [0.4, 0.5) is 4.79 Å². The summed E-state index contributed by atoms with van der Waals surface area (Å²) in [4.78, 5) is 24.4. The Hall–Kier alpha value is -1.98. The van der Waals surface area contributed by atoms with Gasteiger partial charge < -0.3 is 19.7 Å². The molecule has 2 unspecified atom stereocenters. The first kappa shape index (κ1) is 14.4. The zero-order valence-electron chi connectivity index (χ0n) is 11.9. The van der Waals surface area contributed by atoms with Gasteiger partial charge in [0, 0.05) is 19.0 Å². The van der Waals surface area contributed by atoms with Gasteiger partial charge in [-0.2, -0.15) is 0 Å². The number of carbonyl (C=O) groups is 2. The first-order valence-corrected chi connectivity index (χ1v) is 6.73. The molecule has 0 aromatic carbocycles. The van der Waals surface area contributed by atoms with Crippen molar-refractivity contribution in [1.29, 1.82) is 0 Å². The van der Waals surface area contributed by atoms with E-state index in [4.69, 9.17) is 9.52 Å². The number of carboxylic acids is 1. The molecule has 20 heavy (non-hydrogen) atoms. The topological polar surface area (TPSA) is 82.8 Å². The first-order chi connectivity index (χ1) is 9.38. The van der Waals surface area contributed by atoms with Crippen LogP contribution in [-0.2, 0) is 4.79 Å². The van der Waals surface area contributed by atoms with Crippen molar-refractivity contribution in [3.8, 4) is 0 Å². The molecule has 2 rings (SSSR count). The summed E-state index contributed by atoms with van der Waals surface area (Å²) < 4.78 is 5.46. The van der Waals surface area contributed by atoms with E-state index in [1.807, 2.05) is 26.0 Å². The lowest BCUT2D eigenvalue weighted by Gasteiger charge is -2.41. The molecular weight excluding hydrogens is 260 g/mol. The lowest BCUT2D eigenvalue weighted by molar-refractivity contribution is -0.144. The summed E-state index contributed by atoms with van der Waals surface area (Å²) in [6.07, 6.45) is 0. The molecule has 2 heterocycles. The molecule has 6 nitrogen and oxygen atoms in total. The van der Waals surface area contributed by atoms with E-state index in [1.165, 1.54) is 0 Å². The van der Waals surface area contributed by atoms with Crippen LogP contribution in [0.3, 0.4) is 0 Å². The Morgan fingerprint density at radius 3 is 2.55 bits per heavy atom. The van der Waals surface area contributed by atoms with E-state index in [2.05, 4.69) is 5.32 Å². The highest BCUT2D eigenvalue weighted by molar-refractivity contribution is 5.76. The summed E-state index contributed by atoms with van der Waals surface area (Å²) in [5, 5.41) is 11.8. The smallest absolute Gasteiger partial charge is 0.317 e. The summed E-state index contributed by atoms with van der Waals surface area (Å²) in [6, 6.07) is 3.31. The Kier molecular flexibility index (Phi) is 4.01. The maximum atomic E-state index is 12.0. The molecule has 1 aromatic rings. The summed E-state index contributed by atoms with van der Waals surface area (Å²) in [5.41, 5.74) is 0. The fraction of sp³-hybridized carbons (Fsp3) is 0.571. The summed E-state index contributed by atoms with van der Waals surface area (Å²) in [7, 11) is 0. The number of hydrogen-bond donors (Lipinski definition) is 2. The molecule has 0 spiro atoms. The van der Waals surface area contributed by atoms with Gasteiger partial charge in [-0.1, -0.05) is 6.92 Å². The van der Waals surface area contributed by atoms with Crippen molar-refractivity contribution in [3.63, 3.8) is 0 Å². The van der Waals surface area contributed by atoms with E-state index in [1.54, 1.807) is 11.8 Å². The number of urea groups is 1. The van der Waals surface area contributed by atoms with Gasteiger partial charge in [0.2, 0.25) is 0 Å². The average molecular weight is 280 g/mol. The van der Waals surface area contributed by atoms with Gasteiger partial charge in [-0.05, 0) is 26.0 Å². The standard InChI is InChI=1S/C14H20N2O4/c1-8-4-5-12(20-8)10(3)15-14(19)16-6-11(7-16)9(2)13(17)18/h4-5,9-11H,6-7H2,1-3H3,(H,15,19)(H,17,18). The van der Waals surface area contributed by atoms with Crippen molar-refractivity contribution in [2.75, 3.05) is 13.1 Å². The van der Waals surface area contributed by atoms with E-state index in [0.717, 1.165) is 5.76 Å². The molecule has 2 N–H and O–H groups in total. The van der Waals surface area contributed by atoms with Crippen LogP contribution in [0.15, 0.2) is 16.5 Å². The second kappa shape index (κ2) is 5.56. The predicted molar refractivity (Wildman–Crippen MR) is 72.3 cm³/mol. The maximum Gasteiger partial charge on any atom is 0.317 e. The van der Waals surface area contributed by atoms with Crippen molar-refractivity contribution in [1.82, 2.24) is 10.2 Å². The monoisotopic (exact) mass is 280 g/mol. The SMILES string of the molecule is Cc1ccc(C(C)NC(=O)N2CC(C(C)C(=O)O)C2)o1. The van der Waals surface area contributed by atoms with E-state index in [0.29, 0.717) is 18.8 Å². The molecule has 1 aromatic heterocycles. The van der Waals surface area contributed by atoms with Gasteiger partial charge in [0.25, 0.3) is 0 Å². The van der Waals surface area contributed by atoms with Gasteiger partial charge in [0.15, 0.2) is 0 Å². The molecular formula is C14H20N2O4. The largest absolute Gasteiger partial charge is 0.481 e.